The molecule has 0 aromatic heterocycles. The van der Waals surface area contributed by atoms with Crippen molar-refractivity contribution in [3.05, 3.63) is 35.9 Å². The molecule has 0 aliphatic heterocycles. The maximum absolute atomic E-state index is 3.54. The molecule has 102 valence electrons. The Kier molecular flexibility index (Phi) is 7.04. The monoisotopic (exact) mass is 247 g/mol. The second-order valence-electron chi connectivity index (χ2n) is 5.33. The first-order chi connectivity index (χ1) is 8.76. The van der Waals surface area contributed by atoms with E-state index in [2.05, 4.69) is 56.4 Å². The fourth-order valence-electron chi connectivity index (χ4n) is 2.64. The summed E-state index contributed by atoms with van der Waals surface area (Å²) in [5.74, 6) is 0. The summed E-state index contributed by atoms with van der Waals surface area (Å²) in [4.78, 5) is 0. The predicted molar refractivity (Wildman–Crippen MR) is 80.9 cm³/mol. The minimum Gasteiger partial charge on any atom is -0.316 e. The Balaban J connectivity index is 2.42. The molecule has 18 heavy (non-hydrogen) atoms. The molecule has 1 heteroatoms. The number of hydrogen-bond donors (Lipinski definition) is 1. The zero-order valence-electron chi connectivity index (χ0n) is 12.3. The number of nitrogens with one attached hydrogen (secondary N) is 1. The summed E-state index contributed by atoms with van der Waals surface area (Å²) in [6.45, 7) is 9.12. The Morgan fingerprint density at radius 2 is 1.67 bits per heavy atom. The number of benzene rings is 1. The maximum atomic E-state index is 3.54. The van der Waals surface area contributed by atoms with Crippen LogP contribution in [0.1, 0.15) is 52.0 Å². The van der Waals surface area contributed by atoms with Gasteiger partial charge in [-0.2, -0.15) is 0 Å². The Bertz CT molecular complexity index is 301. The Morgan fingerprint density at radius 3 is 2.22 bits per heavy atom. The molecule has 1 N–H and O–H groups in total. The van der Waals surface area contributed by atoms with Gasteiger partial charge in [0.25, 0.3) is 0 Å². The lowest BCUT2D eigenvalue weighted by molar-refractivity contribution is 0.224. The molecule has 1 nitrogen and oxygen atoms in total. The van der Waals surface area contributed by atoms with Crippen molar-refractivity contribution in [2.45, 2.75) is 52.9 Å². The average Bonchev–Trinajstić information content (AvgIpc) is 2.44. The van der Waals surface area contributed by atoms with Gasteiger partial charge in [0.2, 0.25) is 0 Å². The second-order valence-corrected chi connectivity index (χ2v) is 5.33. The summed E-state index contributed by atoms with van der Waals surface area (Å²) < 4.78 is 0. The third-order valence-corrected chi connectivity index (χ3v) is 4.27. The highest BCUT2D eigenvalue weighted by Gasteiger charge is 2.24. The molecule has 0 amide bonds. The number of aryl methyl sites for hydroxylation is 1. The van der Waals surface area contributed by atoms with Gasteiger partial charge in [-0.15, -0.1) is 0 Å². The van der Waals surface area contributed by atoms with Crippen molar-refractivity contribution in [1.82, 2.24) is 5.32 Å². The SMILES string of the molecule is CCNCC(CC)(CC)CCCc1ccccc1. The topological polar surface area (TPSA) is 12.0 Å². The highest BCUT2D eigenvalue weighted by atomic mass is 14.9. The molecule has 0 saturated carbocycles. The van der Waals surface area contributed by atoms with Gasteiger partial charge < -0.3 is 5.32 Å². The Labute approximate surface area is 113 Å². The molecule has 0 aliphatic rings. The van der Waals surface area contributed by atoms with E-state index in [-0.39, 0.29) is 0 Å². The first-order valence-corrected chi connectivity index (χ1v) is 7.51. The van der Waals surface area contributed by atoms with E-state index in [9.17, 15) is 0 Å². The first kappa shape index (κ1) is 15.2. The van der Waals surface area contributed by atoms with E-state index in [4.69, 9.17) is 0 Å². The van der Waals surface area contributed by atoms with Crippen molar-refractivity contribution in [3.8, 4) is 0 Å². The summed E-state index contributed by atoms with van der Waals surface area (Å²) in [6, 6.07) is 10.9. The van der Waals surface area contributed by atoms with Crippen LogP contribution in [-0.2, 0) is 6.42 Å². The second kappa shape index (κ2) is 8.31. The molecule has 0 atom stereocenters. The fraction of sp³-hybridized carbons (Fsp3) is 0.647. The van der Waals surface area contributed by atoms with Crippen molar-refractivity contribution < 1.29 is 0 Å². The van der Waals surface area contributed by atoms with Gasteiger partial charge in [0.1, 0.15) is 0 Å². The van der Waals surface area contributed by atoms with Crippen LogP contribution in [-0.4, -0.2) is 13.1 Å². The predicted octanol–water partition coefficient (Wildman–Crippen LogP) is 4.43. The molecule has 0 aliphatic carbocycles. The molecule has 0 unspecified atom stereocenters. The quantitative estimate of drug-likeness (QED) is 0.681. The third-order valence-electron chi connectivity index (χ3n) is 4.27. The van der Waals surface area contributed by atoms with Crippen LogP contribution in [0.4, 0.5) is 0 Å². The van der Waals surface area contributed by atoms with Gasteiger partial charge in [-0.3, -0.25) is 0 Å². The van der Waals surface area contributed by atoms with Gasteiger partial charge in [0.05, 0.1) is 0 Å². The van der Waals surface area contributed by atoms with Crippen LogP contribution in [0.3, 0.4) is 0 Å². The van der Waals surface area contributed by atoms with Crippen LogP contribution in [0, 0.1) is 5.41 Å². The standard InChI is InChI=1S/C17H29N/c1-4-17(5-2,15-18-6-3)14-10-13-16-11-8-7-9-12-16/h7-9,11-12,18H,4-6,10,13-15H2,1-3H3. The molecule has 1 rings (SSSR count). The van der Waals surface area contributed by atoms with Crippen molar-refractivity contribution in [3.63, 3.8) is 0 Å². The van der Waals surface area contributed by atoms with Gasteiger partial charge >= 0.3 is 0 Å². The minimum atomic E-state index is 0.505. The van der Waals surface area contributed by atoms with E-state index in [0.29, 0.717) is 5.41 Å². The van der Waals surface area contributed by atoms with E-state index in [1.54, 1.807) is 0 Å². The summed E-state index contributed by atoms with van der Waals surface area (Å²) >= 11 is 0. The van der Waals surface area contributed by atoms with Crippen molar-refractivity contribution in [1.29, 1.82) is 0 Å². The maximum Gasteiger partial charge on any atom is 0.000749 e. The van der Waals surface area contributed by atoms with Gasteiger partial charge in [0.15, 0.2) is 0 Å². The van der Waals surface area contributed by atoms with E-state index in [1.165, 1.54) is 44.2 Å². The molecule has 1 aromatic carbocycles. The molecule has 0 fully saturated rings. The van der Waals surface area contributed by atoms with Crippen LogP contribution < -0.4 is 5.32 Å². The number of hydrogen-bond acceptors (Lipinski definition) is 1. The summed E-state index contributed by atoms with van der Waals surface area (Å²) in [6.07, 6.45) is 6.42. The lowest BCUT2D eigenvalue weighted by Crippen LogP contribution is -2.33. The molecule has 0 heterocycles. The van der Waals surface area contributed by atoms with Crippen molar-refractivity contribution in [2.24, 2.45) is 5.41 Å². The average molecular weight is 247 g/mol. The van der Waals surface area contributed by atoms with Crippen molar-refractivity contribution in [2.75, 3.05) is 13.1 Å². The van der Waals surface area contributed by atoms with Crippen LogP contribution >= 0.6 is 0 Å². The third kappa shape index (κ3) is 4.81. The summed E-state index contributed by atoms with van der Waals surface area (Å²) in [7, 11) is 0. The van der Waals surface area contributed by atoms with Gasteiger partial charge in [-0.1, -0.05) is 51.1 Å². The molecular formula is C17H29N. The Hall–Kier alpha value is -0.820. The molecule has 0 saturated heterocycles. The lowest BCUT2D eigenvalue weighted by atomic mass is 9.77. The molecule has 0 radical (unpaired) electrons. The molecular weight excluding hydrogens is 218 g/mol. The van der Waals surface area contributed by atoms with Crippen molar-refractivity contribution >= 4 is 0 Å². The van der Waals surface area contributed by atoms with Crippen LogP contribution in [0.15, 0.2) is 30.3 Å². The molecule has 0 spiro atoms. The minimum absolute atomic E-state index is 0.505. The molecule has 1 aromatic rings. The van der Waals surface area contributed by atoms with Gasteiger partial charge in [0, 0.05) is 6.54 Å². The summed E-state index contributed by atoms with van der Waals surface area (Å²) in [5.41, 5.74) is 1.98. The van der Waals surface area contributed by atoms with Crippen LogP contribution in [0.5, 0.6) is 0 Å². The van der Waals surface area contributed by atoms with Gasteiger partial charge in [-0.25, -0.2) is 0 Å². The summed E-state index contributed by atoms with van der Waals surface area (Å²) in [5, 5.41) is 3.54. The zero-order chi connectivity index (χ0) is 13.3. The normalized spacial score (nSPS) is 11.7. The van der Waals surface area contributed by atoms with E-state index in [0.717, 1.165) is 6.54 Å². The fourth-order valence-corrected chi connectivity index (χ4v) is 2.64. The zero-order valence-corrected chi connectivity index (χ0v) is 12.3. The van der Waals surface area contributed by atoms with Crippen LogP contribution in [0.2, 0.25) is 0 Å². The van der Waals surface area contributed by atoms with E-state index < -0.39 is 0 Å². The first-order valence-electron chi connectivity index (χ1n) is 7.51. The van der Waals surface area contributed by atoms with E-state index >= 15 is 0 Å². The highest BCUT2D eigenvalue weighted by molar-refractivity contribution is 5.14. The Morgan fingerprint density at radius 1 is 1.00 bits per heavy atom. The lowest BCUT2D eigenvalue weighted by Gasteiger charge is -2.32. The molecule has 0 bridgehead atoms. The highest BCUT2D eigenvalue weighted by Crippen LogP contribution is 2.31. The smallest absolute Gasteiger partial charge is 0.000749 e. The largest absolute Gasteiger partial charge is 0.316 e. The number of rotatable bonds is 9. The van der Waals surface area contributed by atoms with Crippen LogP contribution in [0.25, 0.3) is 0 Å². The van der Waals surface area contributed by atoms with Gasteiger partial charge in [-0.05, 0) is 49.6 Å². The van der Waals surface area contributed by atoms with E-state index in [1.807, 2.05) is 0 Å².